The molecule has 42 heavy (non-hydrogen) atoms. The number of aromatic nitrogens is 3. The van der Waals surface area contributed by atoms with Crippen molar-refractivity contribution in [2.45, 2.75) is 38.6 Å². The zero-order chi connectivity index (χ0) is 29.1. The topological polar surface area (TPSA) is 121 Å². The molecule has 2 aromatic heterocycles. The van der Waals surface area contributed by atoms with E-state index in [0.717, 1.165) is 11.6 Å². The number of halogens is 3. The van der Waals surface area contributed by atoms with Crippen LogP contribution in [0.25, 0.3) is 5.65 Å². The third kappa shape index (κ3) is 6.80. The van der Waals surface area contributed by atoms with Gasteiger partial charge in [-0.2, -0.15) is 26.7 Å². The Balaban J connectivity index is 0.00000405. The number of nitrogen functional groups attached to an aromatic ring is 1. The minimum absolute atomic E-state index is 0. The molecule has 1 aliphatic rings. The van der Waals surface area contributed by atoms with Crippen LogP contribution in [0.2, 0.25) is 0 Å². The Labute approximate surface area is 248 Å². The van der Waals surface area contributed by atoms with E-state index in [1.165, 1.54) is 17.5 Å². The second-order valence-corrected chi connectivity index (χ2v) is 9.97. The molecular formula is C29H33F3N6O3S. The maximum Gasteiger partial charge on any atom is 0.416 e. The lowest BCUT2D eigenvalue weighted by Gasteiger charge is -2.27. The minimum atomic E-state index is -4.50. The molecule has 9 nitrogen and oxygen atoms in total. The lowest BCUT2D eigenvalue weighted by atomic mass is 9.98. The van der Waals surface area contributed by atoms with Gasteiger partial charge in [0.15, 0.2) is 11.5 Å². The number of nitrogens with zero attached hydrogens (tertiary/aromatic N) is 4. The predicted octanol–water partition coefficient (Wildman–Crippen LogP) is 3.79. The number of benzene rings is 2. The molecule has 4 aromatic rings. The Kier molecular flexibility index (Phi) is 9.64. The van der Waals surface area contributed by atoms with Gasteiger partial charge in [-0.15, -0.1) is 5.10 Å². The van der Waals surface area contributed by atoms with Crippen molar-refractivity contribution in [2.24, 2.45) is 5.73 Å². The average Bonchev–Trinajstić information content (AvgIpc) is 3.30. The molecule has 1 unspecified atom stereocenters. The van der Waals surface area contributed by atoms with Crippen molar-refractivity contribution < 1.29 is 27.4 Å². The third-order valence-corrected chi connectivity index (χ3v) is 7.17. The lowest BCUT2D eigenvalue weighted by Crippen LogP contribution is -2.37. The molecule has 0 saturated carbocycles. The Bertz CT molecular complexity index is 1540. The van der Waals surface area contributed by atoms with Crippen molar-refractivity contribution in [3.05, 3.63) is 88.2 Å². The first-order valence-corrected chi connectivity index (χ1v) is 13.2. The van der Waals surface area contributed by atoms with Gasteiger partial charge in [-0.3, -0.25) is 4.79 Å². The molecule has 2 aromatic carbocycles. The Hall–Kier alpha value is -3.81. The largest absolute Gasteiger partial charge is 0.458 e. The normalized spacial score (nSPS) is 14.5. The van der Waals surface area contributed by atoms with E-state index in [2.05, 4.69) is 4.98 Å². The number of esters is 1. The fourth-order valence-corrected chi connectivity index (χ4v) is 4.92. The van der Waals surface area contributed by atoms with Gasteiger partial charge in [0.1, 0.15) is 18.3 Å². The SMILES string of the molecule is Cc1c(Cc2c(COC(=O)C(N)Cc3ccccc3)nc3c(N)cc(N4CCOCC4)nn23)cccc1C(F)(F)F.S. The van der Waals surface area contributed by atoms with E-state index in [-0.39, 0.29) is 32.1 Å². The van der Waals surface area contributed by atoms with Gasteiger partial charge in [0.2, 0.25) is 0 Å². The Morgan fingerprint density at radius 2 is 1.83 bits per heavy atom. The van der Waals surface area contributed by atoms with E-state index in [0.29, 0.717) is 66.8 Å². The summed E-state index contributed by atoms with van der Waals surface area (Å²) in [5.41, 5.74) is 14.6. The summed E-state index contributed by atoms with van der Waals surface area (Å²) in [6, 6.07) is 14.2. The van der Waals surface area contributed by atoms with Gasteiger partial charge in [-0.25, -0.2) is 9.50 Å². The average molecular weight is 603 g/mol. The summed E-state index contributed by atoms with van der Waals surface area (Å²) in [6.45, 7) is 3.47. The van der Waals surface area contributed by atoms with E-state index in [1.807, 2.05) is 35.2 Å². The maximum absolute atomic E-state index is 13.7. The number of fused-ring (bicyclic) bond motifs is 1. The van der Waals surface area contributed by atoms with Crippen molar-refractivity contribution in [1.82, 2.24) is 14.6 Å². The molecule has 0 radical (unpaired) electrons. The van der Waals surface area contributed by atoms with E-state index in [9.17, 15) is 18.0 Å². The molecule has 0 bridgehead atoms. The second-order valence-electron chi connectivity index (χ2n) is 9.97. The number of nitrogens with two attached hydrogens (primary N) is 2. The van der Waals surface area contributed by atoms with Crippen LogP contribution in [0, 0.1) is 6.92 Å². The third-order valence-electron chi connectivity index (χ3n) is 7.17. The molecule has 13 heteroatoms. The molecule has 0 amide bonds. The van der Waals surface area contributed by atoms with Gasteiger partial charge >= 0.3 is 12.1 Å². The highest BCUT2D eigenvalue weighted by Crippen LogP contribution is 2.34. The molecule has 0 aliphatic carbocycles. The molecule has 1 aliphatic heterocycles. The van der Waals surface area contributed by atoms with Gasteiger partial charge in [-0.05, 0) is 36.1 Å². The first kappa shape index (κ1) is 31.1. The van der Waals surface area contributed by atoms with Gasteiger partial charge < -0.3 is 25.8 Å². The number of imidazole rings is 1. The monoisotopic (exact) mass is 602 g/mol. The van der Waals surface area contributed by atoms with Crippen LogP contribution in [0.5, 0.6) is 0 Å². The maximum atomic E-state index is 13.7. The highest BCUT2D eigenvalue weighted by molar-refractivity contribution is 7.59. The first-order valence-electron chi connectivity index (χ1n) is 13.2. The zero-order valence-corrected chi connectivity index (χ0v) is 24.0. The van der Waals surface area contributed by atoms with Gasteiger partial charge in [-0.1, -0.05) is 42.5 Å². The van der Waals surface area contributed by atoms with Crippen LogP contribution in [-0.2, 0) is 39.9 Å². The van der Waals surface area contributed by atoms with Crippen LogP contribution >= 0.6 is 13.5 Å². The number of alkyl halides is 3. The highest BCUT2D eigenvalue weighted by Gasteiger charge is 2.33. The van der Waals surface area contributed by atoms with Crippen molar-refractivity contribution in [2.75, 3.05) is 36.9 Å². The quantitative estimate of drug-likeness (QED) is 0.293. The number of hydrogen-bond acceptors (Lipinski definition) is 8. The van der Waals surface area contributed by atoms with Crippen molar-refractivity contribution in [3.8, 4) is 0 Å². The molecule has 224 valence electrons. The molecule has 1 saturated heterocycles. The first-order chi connectivity index (χ1) is 19.6. The number of rotatable bonds is 8. The summed E-state index contributed by atoms with van der Waals surface area (Å²) in [5.74, 6) is -0.0341. The van der Waals surface area contributed by atoms with Gasteiger partial charge in [0.05, 0.1) is 30.2 Å². The van der Waals surface area contributed by atoms with Crippen LogP contribution in [0.1, 0.15) is 33.6 Å². The van der Waals surface area contributed by atoms with E-state index < -0.39 is 23.8 Å². The summed E-state index contributed by atoms with van der Waals surface area (Å²) >= 11 is 0. The van der Waals surface area contributed by atoms with Crippen LogP contribution in [0.15, 0.2) is 54.6 Å². The van der Waals surface area contributed by atoms with Crippen LogP contribution in [0.4, 0.5) is 24.7 Å². The smallest absolute Gasteiger partial charge is 0.416 e. The molecule has 4 N–H and O–H groups in total. The molecule has 1 fully saturated rings. The standard InChI is InChI=1S/C29H31F3N6O3.H2S/c1-18-20(8-5-9-21(18)29(30,31)32)15-25-24(17-41-28(39)23(34)14-19-6-3-2-4-7-19)35-27-22(33)16-26(36-38(25)27)37-10-12-40-13-11-37;/h2-9,16,23H,10-15,17,33-34H2,1H3;1H2. The zero-order valence-electron chi connectivity index (χ0n) is 23.0. The minimum Gasteiger partial charge on any atom is -0.458 e. The highest BCUT2D eigenvalue weighted by atomic mass is 32.1. The van der Waals surface area contributed by atoms with Crippen molar-refractivity contribution >= 4 is 36.6 Å². The van der Waals surface area contributed by atoms with Crippen LogP contribution in [0.3, 0.4) is 0 Å². The summed E-state index contributed by atoms with van der Waals surface area (Å²) < 4.78 is 53.5. The number of hydrogen-bond donors (Lipinski definition) is 2. The van der Waals surface area contributed by atoms with Gasteiger partial charge in [0, 0.05) is 25.6 Å². The van der Waals surface area contributed by atoms with Crippen molar-refractivity contribution in [1.29, 1.82) is 0 Å². The fourth-order valence-electron chi connectivity index (χ4n) is 4.92. The number of ether oxygens (including phenoxy) is 2. The van der Waals surface area contributed by atoms with Crippen molar-refractivity contribution in [3.63, 3.8) is 0 Å². The van der Waals surface area contributed by atoms with E-state index in [4.69, 9.17) is 26.0 Å². The summed E-state index contributed by atoms with van der Waals surface area (Å²) in [7, 11) is 0. The molecule has 0 spiro atoms. The van der Waals surface area contributed by atoms with Gasteiger partial charge in [0.25, 0.3) is 0 Å². The van der Waals surface area contributed by atoms with Crippen LogP contribution in [-0.4, -0.2) is 52.9 Å². The number of anilines is 2. The number of carbonyl (C=O) groups is 1. The molecular weight excluding hydrogens is 569 g/mol. The van der Waals surface area contributed by atoms with E-state index in [1.54, 1.807) is 12.1 Å². The lowest BCUT2D eigenvalue weighted by molar-refractivity contribution is -0.146. The molecule has 1 atom stereocenters. The summed E-state index contributed by atoms with van der Waals surface area (Å²) in [4.78, 5) is 19.4. The Morgan fingerprint density at radius 1 is 1.12 bits per heavy atom. The summed E-state index contributed by atoms with van der Waals surface area (Å²) in [5, 5.41) is 4.75. The summed E-state index contributed by atoms with van der Waals surface area (Å²) in [6.07, 6.45) is -4.16. The van der Waals surface area contributed by atoms with E-state index >= 15 is 0 Å². The second kappa shape index (κ2) is 13.0. The molecule has 5 rings (SSSR count). The number of carbonyl (C=O) groups excluding carboxylic acids is 1. The number of morpholine rings is 1. The predicted molar refractivity (Wildman–Crippen MR) is 158 cm³/mol. The fraction of sp³-hybridized carbons (Fsp3) is 0.345. The molecule has 3 heterocycles. The Morgan fingerprint density at radius 3 is 2.52 bits per heavy atom. The van der Waals surface area contributed by atoms with Crippen LogP contribution < -0.4 is 16.4 Å².